The molecular formula is C15H8Cl2N4S. The highest BCUT2D eigenvalue weighted by Crippen LogP contribution is 2.41. The van der Waals surface area contributed by atoms with E-state index in [4.69, 9.17) is 34.2 Å². The molecular weight excluding hydrogens is 339 g/mol. The second-order valence-electron chi connectivity index (χ2n) is 4.40. The molecule has 2 heterocycles. The number of aromatic nitrogens is 2. The minimum Gasteiger partial charge on any atom is -0.383 e. The normalized spacial score (nSPS) is 10.4. The van der Waals surface area contributed by atoms with Gasteiger partial charge in [0.15, 0.2) is 0 Å². The van der Waals surface area contributed by atoms with Crippen LogP contribution in [0.1, 0.15) is 5.56 Å². The number of nitriles is 1. The Labute approximate surface area is 140 Å². The van der Waals surface area contributed by atoms with E-state index < -0.39 is 0 Å². The van der Waals surface area contributed by atoms with E-state index in [1.807, 2.05) is 18.2 Å². The van der Waals surface area contributed by atoms with Crippen molar-refractivity contribution < 1.29 is 0 Å². The number of nitrogens with two attached hydrogens (primary N) is 1. The first-order valence-electron chi connectivity index (χ1n) is 6.15. The number of hydrogen-bond donors (Lipinski definition) is 1. The molecule has 3 rings (SSSR count). The first-order chi connectivity index (χ1) is 10.6. The molecule has 7 heteroatoms. The molecule has 0 aliphatic heterocycles. The quantitative estimate of drug-likeness (QED) is 0.733. The summed E-state index contributed by atoms with van der Waals surface area (Å²) < 4.78 is 0. The molecule has 0 aliphatic carbocycles. The number of anilines is 1. The Kier molecular flexibility index (Phi) is 3.99. The Balaban J connectivity index is 2.22. The molecule has 1 aromatic carbocycles. The van der Waals surface area contributed by atoms with Crippen LogP contribution in [0.4, 0.5) is 5.82 Å². The van der Waals surface area contributed by atoms with Crippen molar-refractivity contribution >= 4 is 40.4 Å². The number of hydrogen-bond acceptors (Lipinski definition) is 5. The Morgan fingerprint density at radius 1 is 1.18 bits per heavy atom. The topological polar surface area (TPSA) is 75.6 Å². The van der Waals surface area contributed by atoms with Gasteiger partial charge in [0.2, 0.25) is 0 Å². The lowest BCUT2D eigenvalue weighted by Gasteiger charge is -2.08. The van der Waals surface area contributed by atoms with E-state index in [-0.39, 0.29) is 0 Å². The van der Waals surface area contributed by atoms with Gasteiger partial charge in [0.25, 0.3) is 0 Å². The average molecular weight is 347 g/mol. The highest BCUT2D eigenvalue weighted by atomic mass is 35.5. The molecule has 0 atom stereocenters. The van der Waals surface area contributed by atoms with Gasteiger partial charge >= 0.3 is 0 Å². The lowest BCUT2D eigenvalue weighted by molar-refractivity contribution is 1.29. The summed E-state index contributed by atoms with van der Waals surface area (Å²) in [6.07, 6.45) is 1.43. The summed E-state index contributed by atoms with van der Waals surface area (Å²) in [4.78, 5) is 9.23. The van der Waals surface area contributed by atoms with Crippen LogP contribution in [0, 0.1) is 11.3 Å². The second-order valence-corrected chi connectivity index (χ2v) is 6.04. The van der Waals surface area contributed by atoms with Crippen LogP contribution >= 0.6 is 34.5 Å². The Hall–Kier alpha value is -2.13. The van der Waals surface area contributed by atoms with Crippen molar-refractivity contribution in [3.63, 3.8) is 0 Å². The van der Waals surface area contributed by atoms with Crippen molar-refractivity contribution in [1.82, 2.24) is 9.97 Å². The number of rotatable bonds is 2. The van der Waals surface area contributed by atoms with E-state index in [1.165, 1.54) is 17.5 Å². The minimum atomic E-state index is 0.310. The van der Waals surface area contributed by atoms with Crippen molar-refractivity contribution in [2.24, 2.45) is 0 Å². The van der Waals surface area contributed by atoms with Gasteiger partial charge in [-0.15, -0.1) is 11.3 Å². The van der Waals surface area contributed by atoms with Crippen LogP contribution in [0.15, 0.2) is 36.0 Å². The van der Waals surface area contributed by atoms with Gasteiger partial charge in [-0.3, -0.25) is 0 Å². The molecule has 0 fully saturated rings. The molecule has 2 aromatic heterocycles. The first-order valence-corrected chi connectivity index (χ1v) is 7.79. The van der Waals surface area contributed by atoms with E-state index in [2.05, 4.69) is 9.97 Å². The molecule has 0 spiro atoms. The van der Waals surface area contributed by atoms with Gasteiger partial charge in [0.05, 0.1) is 31.7 Å². The molecule has 0 aliphatic rings. The van der Waals surface area contributed by atoms with Gasteiger partial charge in [0, 0.05) is 17.3 Å². The standard InChI is InChI=1S/C15H8Cl2N4S/c16-11-3-1-2-9(12(11)17)14-13(21-7-22-14)10-4-8(5-18)6-20-15(10)19/h1-4,6-7H,(H2,19,20). The predicted octanol–water partition coefficient (Wildman–Crippen LogP) is 4.63. The first kappa shape index (κ1) is 14.8. The predicted molar refractivity (Wildman–Crippen MR) is 89.9 cm³/mol. The fraction of sp³-hybridized carbons (Fsp3) is 0. The molecule has 0 saturated heterocycles. The van der Waals surface area contributed by atoms with Gasteiger partial charge in [-0.25, -0.2) is 9.97 Å². The zero-order chi connectivity index (χ0) is 15.7. The third kappa shape index (κ3) is 2.53. The van der Waals surface area contributed by atoms with Crippen molar-refractivity contribution in [3.05, 3.63) is 51.6 Å². The van der Waals surface area contributed by atoms with Crippen LogP contribution in [0.2, 0.25) is 10.0 Å². The van der Waals surface area contributed by atoms with Crippen molar-refractivity contribution in [2.75, 3.05) is 5.73 Å². The molecule has 108 valence electrons. The molecule has 0 unspecified atom stereocenters. The van der Waals surface area contributed by atoms with Crippen LogP contribution in [-0.2, 0) is 0 Å². The summed E-state index contributed by atoms with van der Waals surface area (Å²) in [5.41, 5.74) is 10.1. The van der Waals surface area contributed by atoms with Gasteiger partial charge in [-0.2, -0.15) is 5.26 Å². The third-order valence-corrected chi connectivity index (χ3v) is 4.75. The van der Waals surface area contributed by atoms with E-state index in [0.717, 1.165) is 10.4 Å². The maximum atomic E-state index is 9.03. The van der Waals surface area contributed by atoms with Crippen LogP contribution in [0.5, 0.6) is 0 Å². The summed E-state index contributed by atoms with van der Waals surface area (Å²) in [7, 11) is 0. The van der Waals surface area contributed by atoms with Gasteiger partial charge in [-0.1, -0.05) is 35.3 Å². The minimum absolute atomic E-state index is 0.310. The zero-order valence-electron chi connectivity index (χ0n) is 11.0. The lowest BCUT2D eigenvalue weighted by atomic mass is 10.1. The highest BCUT2D eigenvalue weighted by Gasteiger charge is 2.17. The van der Waals surface area contributed by atoms with E-state index in [0.29, 0.717) is 32.7 Å². The monoisotopic (exact) mass is 346 g/mol. The second kappa shape index (κ2) is 5.93. The number of halogens is 2. The smallest absolute Gasteiger partial charge is 0.132 e. The number of benzene rings is 1. The SMILES string of the molecule is N#Cc1cnc(N)c(-c2ncsc2-c2cccc(Cl)c2Cl)c1. The van der Waals surface area contributed by atoms with E-state index in [9.17, 15) is 0 Å². The lowest BCUT2D eigenvalue weighted by Crippen LogP contribution is -1.96. The molecule has 0 radical (unpaired) electrons. The van der Waals surface area contributed by atoms with Gasteiger partial charge in [-0.05, 0) is 12.1 Å². The third-order valence-electron chi connectivity index (χ3n) is 3.07. The van der Waals surface area contributed by atoms with Crippen LogP contribution in [0.25, 0.3) is 21.7 Å². The summed E-state index contributed by atoms with van der Waals surface area (Å²) in [6, 6.07) is 9.12. The Bertz CT molecular complexity index is 899. The van der Waals surface area contributed by atoms with Crippen molar-refractivity contribution in [1.29, 1.82) is 5.26 Å². The molecule has 3 aromatic rings. The number of nitrogens with zero attached hydrogens (tertiary/aromatic N) is 3. The average Bonchev–Trinajstić information content (AvgIpc) is 2.99. The number of pyridine rings is 1. The highest BCUT2D eigenvalue weighted by molar-refractivity contribution is 7.13. The fourth-order valence-corrected chi connectivity index (χ4v) is 3.32. The number of thiazole rings is 1. The summed E-state index contributed by atoms with van der Waals surface area (Å²) in [5.74, 6) is 0.310. The maximum Gasteiger partial charge on any atom is 0.132 e. The van der Waals surface area contributed by atoms with Crippen LogP contribution in [-0.4, -0.2) is 9.97 Å². The summed E-state index contributed by atoms with van der Waals surface area (Å²) >= 11 is 13.8. The fourth-order valence-electron chi connectivity index (χ4n) is 2.03. The molecule has 4 nitrogen and oxygen atoms in total. The van der Waals surface area contributed by atoms with Crippen molar-refractivity contribution in [2.45, 2.75) is 0 Å². The Morgan fingerprint density at radius 2 is 2.00 bits per heavy atom. The number of nitrogen functional groups attached to an aromatic ring is 1. The summed E-state index contributed by atoms with van der Waals surface area (Å²) in [6.45, 7) is 0. The largest absolute Gasteiger partial charge is 0.383 e. The van der Waals surface area contributed by atoms with Crippen LogP contribution < -0.4 is 5.73 Å². The van der Waals surface area contributed by atoms with Gasteiger partial charge in [0.1, 0.15) is 11.9 Å². The Morgan fingerprint density at radius 3 is 2.77 bits per heavy atom. The van der Waals surface area contributed by atoms with Gasteiger partial charge < -0.3 is 5.73 Å². The van der Waals surface area contributed by atoms with E-state index >= 15 is 0 Å². The maximum absolute atomic E-state index is 9.03. The van der Waals surface area contributed by atoms with Crippen molar-refractivity contribution in [3.8, 4) is 27.8 Å². The summed E-state index contributed by atoms with van der Waals surface area (Å²) in [5, 5.41) is 9.95. The molecule has 2 N–H and O–H groups in total. The molecule has 22 heavy (non-hydrogen) atoms. The van der Waals surface area contributed by atoms with E-state index in [1.54, 1.807) is 17.6 Å². The van der Waals surface area contributed by atoms with Crippen LogP contribution in [0.3, 0.4) is 0 Å². The zero-order valence-corrected chi connectivity index (χ0v) is 13.4. The molecule has 0 bridgehead atoms. The molecule has 0 amide bonds. The molecule has 0 saturated carbocycles.